The molecule has 1 atom stereocenters. The number of thiophene rings is 1. The van der Waals surface area contributed by atoms with Crippen LogP contribution in [0.15, 0.2) is 23.4 Å². The molecule has 0 spiro atoms. The van der Waals surface area contributed by atoms with E-state index in [4.69, 9.17) is 4.98 Å². The maximum atomic E-state index is 12.6. The molecule has 8 heteroatoms. The number of aryl methyl sites for hydroxylation is 4. The smallest absolute Gasteiger partial charge is 0.234 e. The molecular formula is C23H25N5OS2. The van der Waals surface area contributed by atoms with Gasteiger partial charge in [-0.05, 0) is 68.7 Å². The summed E-state index contributed by atoms with van der Waals surface area (Å²) in [5, 5.41) is 13.8. The van der Waals surface area contributed by atoms with Gasteiger partial charge in [0.2, 0.25) is 5.91 Å². The summed E-state index contributed by atoms with van der Waals surface area (Å²) >= 11 is 3.20. The molecule has 31 heavy (non-hydrogen) atoms. The number of carbonyl (C=O) groups is 1. The molecule has 1 amide bonds. The minimum absolute atomic E-state index is 0.0518. The second-order valence-corrected chi connectivity index (χ2v) is 10.5. The zero-order valence-corrected chi connectivity index (χ0v) is 19.8. The molecule has 6 nitrogen and oxygen atoms in total. The molecule has 4 aromatic rings. The van der Waals surface area contributed by atoms with Crippen molar-refractivity contribution in [3.05, 3.63) is 45.6 Å². The number of aromatic nitrogens is 4. The fourth-order valence-corrected chi connectivity index (χ4v) is 6.45. The highest BCUT2D eigenvalue weighted by Crippen LogP contribution is 2.39. The van der Waals surface area contributed by atoms with Crippen LogP contribution in [-0.2, 0) is 17.6 Å². The Hall–Kier alpha value is -2.45. The highest BCUT2D eigenvalue weighted by Gasteiger charge is 2.25. The Labute approximate surface area is 189 Å². The van der Waals surface area contributed by atoms with E-state index >= 15 is 0 Å². The van der Waals surface area contributed by atoms with Crippen LogP contribution < -0.4 is 5.32 Å². The molecule has 0 saturated heterocycles. The summed E-state index contributed by atoms with van der Waals surface area (Å²) < 4.78 is 2.00. The summed E-state index contributed by atoms with van der Waals surface area (Å²) in [6.07, 6.45) is 3.40. The molecule has 5 rings (SSSR count). The highest BCUT2D eigenvalue weighted by atomic mass is 32.2. The summed E-state index contributed by atoms with van der Waals surface area (Å²) in [5.41, 5.74) is 5.29. The van der Waals surface area contributed by atoms with Gasteiger partial charge < -0.3 is 5.32 Å². The van der Waals surface area contributed by atoms with Crippen molar-refractivity contribution in [1.82, 2.24) is 19.6 Å². The Morgan fingerprint density at radius 3 is 2.97 bits per heavy atom. The Morgan fingerprint density at radius 1 is 1.29 bits per heavy atom. The fraction of sp³-hybridized carbons (Fsp3) is 0.391. The lowest BCUT2D eigenvalue weighted by molar-refractivity contribution is -0.113. The lowest BCUT2D eigenvalue weighted by Crippen LogP contribution is -2.15. The molecule has 0 fully saturated rings. The van der Waals surface area contributed by atoms with Gasteiger partial charge in [-0.1, -0.05) is 30.8 Å². The molecular weight excluding hydrogens is 426 g/mol. The number of rotatable bonds is 4. The van der Waals surface area contributed by atoms with E-state index in [2.05, 4.69) is 22.4 Å². The van der Waals surface area contributed by atoms with E-state index in [1.807, 2.05) is 43.4 Å². The third-order valence-corrected chi connectivity index (χ3v) is 8.01. The predicted molar refractivity (Wildman–Crippen MR) is 127 cm³/mol. The molecule has 1 aromatic carbocycles. The Morgan fingerprint density at radius 2 is 2.13 bits per heavy atom. The van der Waals surface area contributed by atoms with E-state index < -0.39 is 0 Å². The van der Waals surface area contributed by atoms with Crippen LogP contribution in [0.2, 0.25) is 0 Å². The standard InChI is InChI=1S/C23H25N5OS2/c1-12-5-7-14(3)17(9-12)25-19(29)11-30-23-27-26-21-20-16-8-6-13(2)10-18(16)31-22(20)24-15(4)28(21)23/h5,7,9,13H,6,8,10-11H2,1-4H3,(H,25,29)/t13-/m1/s1. The van der Waals surface area contributed by atoms with Crippen LogP contribution in [0, 0.1) is 26.7 Å². The molecule has 1 aliphatic carbocycles. The quantitative estimate of drug-likeness (QED) is 0.436. The van der Waals surface area contributed by atoms with Crippen molar-refractivity contribution in [3.8, 4) is 0 Å². The van der Waals surface area contributed by atoms with E-state index in [1.165, 1.54) is 28.6 Å². The Balaban J connectivity index is 1.42. The van der Waals surface area contributed by atoms with E-state index in [0.29, 0.717) is 5.16 Å². The summed E-state index contributed by atoms with van der Waals surface area (Å²) in [4.78, 5) is 20.0. The molecule has 1 aliphatic rings. The van der Waals surface area contributed by atoms with Gasteiger partial charge in [0, 0.05) is 10.6 Å². The number of thioether (sulfide) groups is 1. The number of amides is 1. The summed E-state index contributed by atoms with van der Waals surface area (Å²) in [6.45, 7) is 8.32. The topological polar surface area (TPSA) is 72.2 Å². The molecule has 0 aliphatic heterocycles. The van der Waals surface area contributed by atoms with Gasteiger partial charge >= 0.3 is 0 Å². The number of anilines is 1. The average molecular weight is 452 g/mol. The molecule has 0 saturated carbocycles. The fourth-order valence-electron chi connectivity index (χ4n) is 4.25. The van der Waals surface area contributed by atoms with Gasteiger partial charge in [-0.2, -0.15) is 0 Å². The number of nitrogens with zero attached hydrogens (tertiary/aromatic N) is 4. The maximum Gasteiger partial charge on any atom is 0.234 e. The summed E-state index contributed by atoms with van der Waals surface area (Å²) in [6, 6.07) is 6.06. The minimum atomic E-state index is -0.0518. The maximum absolute atomic E-state index is 12.6. The first-order valence-electron chi connectivity index (χ1n) is 10.6. The Bertz CT molecular complexity index is 1320. The predicted octanol–water partition coefficient (Wildman–Crippen LogP) is 5.12. The van der Waals surface area contributed by atoms with Gasteiger partial charge in [-0.25, -0.2) is 4.98 Å². The number of nitrogens with one attached hydrogen (secondary N) is 1. The van der Waals surface area contributed by atoms with Gasteiger partial charge in [0.25, 0.3) is 0 Å². The SMILES string of the molecule is Cc1ccc(C)c(NC(=O)CSc2nnc3c4c5c(sc4nc(C)n23)C[C@H](C)CC5)c1. The van der Waals surface area contributed by atoms with Gasteiger partial charge in [-0.3, -0.25) is 9.20 Å². The van der Waals surface area contributed by atoms with Crippen LogP contribution in [0.5, 0.6) is 0 Å². The Kier molecular flexibility index (Phi) is 5.22. The van der Waals surface area contributed by atoms with Crippen LogP contribution in [0.1, 0.15) is 40.7 Å². The third kappa shape index (κ3) is 3.72. The second kappa shape index (κ2) is 7.91. The first-order valence-corrected chi connectivity index (χ1v) is 12.4. The lowest BCUT2D eigenvalue weighted by atomic mass is 9.89. The lowest BCUT2D eigenvalue weighted by Gasteiger charge is -2.17. The highest BCUT2D eigenvalue weighted by molar-refractivity contribution is 7.99. The zero-order chi connectivity index (χ0) is 21.7. The molecule has 3 heterocycles. The number of hydrogen-bond donors (Lipinski definition) is 1. The average Bonchev–Trinajstić information content (AvgIpc) is 3.30. The van der Waals surface area contributed by atoms with Crippen molar-refractivity contribution in [2.75, 3.05) is 11.1 Å². The van der Waals surface area contributed by atoms with Crippen LogP contribution >= 0.6 is 23.1 Å². The molecule has 0 unspecified atom stereocenters. The molecule has 0 radical (unpaired) electrons. The van der Waals surface area contributed by atoms with Crippen molar-refractivity contribution in [1.29, 1.82) is 0 Å². The second-order valence-electron chi connectivity index (χ2n) is 8.49. The summed E-state index contributed by atoms with van der Waals surface area (Å²) in [5.74, 6) is 1.79. The molecule has 3 aromatic heterocycles. The van der Waals surface area contributed by atoms with E-state index in [-0.39, 0.29) is 11.7 Å². The molecule has 1 N–H and O–H groups in total. The van der Waals surface area contributed by atoms with Crippen LogP contribution in [-0.4, -0.2) is 31.2 Å². The number of benzene rings is 1. The number of carbonyl (C=O) groups excluding carboxylic acids is 1. The minimum Gasteiger partial charge on any atom is -0.325 e. The monoisotopic (exact) mass is 451 g/mol. The van der Waals surface area contributed by atoms with E-state index in [0.717, 1.165) is 57.3 Å². The van der Waals surface area contributed by atoms with Crippen LogP contribution in [0.25, 0.3) is 15.9 Å². The number of fused-ring (bicyclic) bond motifs is 5. The third-order valence-electron chi connectivity index (χ3n) is 5.94. The van der Waals surface area contributed by atoms with Gasteiger partial charge in [-0.15, -0.1) is 21.5 Å². The molecule has 160 valence electrons. The van der Waals surface area contributed by atoms with E-state index in [1.54, 1.807) is 11.3 Å². The van der Waals surface area contributed by atoms with E-state index in [9.17, 15) is 4.79 Å². The van der Waals surface area contributed by atoms with Crippen molar-refractivity contribution >= 4 is 50.6 Å². The van der Waals surface area contributed by atoms with Gasteiger partial charge in [0.15, 0.2) is 10.8 Å². The van der Waals surface area contributed by atoms with Gasteiger partial charge in [0.05, 0.1) is 11.1 Å². The van der Waals surface area contributed by atoms with Crippen LogP contribution in [0.4, 0.5) is 5.69 Å². The first kappa shape index (κ1) is 20.5. The van der Waals surface area contributed by atoms with Crippen molar-refractivity contribution in [2.45, 2.75) is 52.1 Å². The largest absolute Gasteiger partial charge is 0.325 e. The van der Waals surface area contributed by atoms with Crippen molar-refractivity contribution in [2.24, 2.45) is 5.92 Å². The zero-order valence-electron chi connectivity index (χ0n) is 18.2. The molecule has 0 bridgehead atoms. The summed E-state index contributed by atoms with van der Waals surface area (Å²) in [7, 11) is 0. The normalized spacial score (nSPS) is 16.1. The number of hydrogen-bond acceptors (Lipinski definition) is 6. The van der Waals surface area contributed by atoms with Crippen molar-refractivity contribution < 1.29 is 4.79 Å². The first-order chi connectivity index (χ1) is 14.9. The van der Waals surface area contributed by atoms with Gasteiger partial charge in [0.1, 0.15) is 10.7 Å². The van der Waals surface area contributed by atoms with Crippen molar-refractivity contribution in [3.63, 3.8) is 0 Å². The van der Waals surface area contributed by atoms with Crippen LogP contribution in [0.3, 0.4) is 0 Å².